The van der Waals surface area contributed by atoms with E-state index in [1.807, 2.05) is 10.6 Å². The summed E-state index contributed by atoms with van der Waals surface area (Å²) in [6, 6.07) is 2.01. The van der Waals surface area contributed by atoms with E-state index in [0.29, 0.717) is 18.2 Å². The van der Waals surface area contributed by atoms with Gasteiger partial charge in [-0.1, -0.05) is 13.8 Å². The molecule has 0 saturated heterocycles. The van der Waals surface area contributed by atoms with Crippen LogP contribution in [0.5, 0.6) is 0 Å². The minimum Gasteiger partial charge on any atom is -0.349 e. The molecule has 0 aromatic carbocycles. The lowest BCUT2D eigenvalue weighted by Gasteiger charge is -2.29. The first-order valence-electron chi connectivity index (χ1n) is 5.89. The van der Waals surface area contributed by atoms with E-state index in [-0.39, 0.29) is 17.2 Å². The van der Waals surface area contributed by atoms with Crippen LogP contribution < -0.4 is 5.32 Å². The minimum absolute atomic E-state index is 0.0685. The van der Waals surface area contributed by atoms with E-state index in [4.69, 9.17) is 11.6 Å². The Bertz CT molecular complexity index is 634. The van der Waals surface area contributed by atoms with E-state index in [1.165, 1.54) is 0 Å². The van der Waals surface area contributed by atoms with Gasteiger partial charge < -0.3 is 9.88 Å². The summed E-state index contributed by atoms with van der Waals surface area (Å²) in [5.41, 5.74) is 1.37. The first kappa shape index (κ1) is 11.5. The van der Waals surface area contributed by atoms with Crippen LogP contribution in [0.15, 0.2) is 12.3 Å². The zero-order chi connectivity index (χ0) is 12.9. The Balaban J connectivity index is 2.31. The number of rotatable bonds is 1. The van der Waals surface area contributed by atoms with Gasteiger partial charge in [-0.25, -0.2) is 4.98 Å². The molecular weight excluding hydrogens is 252 g/mol. The van der Waals surface area contributed by atoms with Crippen molar-refractivity contribution in [3.63, 3.8) is 0 Å². The Kier molecular flexibility index (Phi) is 2.52. The molecule has 5 nitrogen and oxygen atoms in total. The van der Waals surface area contributed by atoms with Gasteiger partial charge >= 0.3 is 0 Å². The van der Waals surface area contributed by atoms with Crippen LogP contribution in [0.4, 0.5) is 0 Å². The van der Waals surface area contributed by atoms with Gasteiger partial charge in [-0.2, -0.15) is 4.98 Å². The van der Waals surface area contributed by atoms with E-state index >= 15 is 0 Å². The molecule has 0 spiro atoms. The Morgan fingerprint density at radius 3 is 3.06 bits per heavy atom. The zero-order valence-corrected chi connectivity index (χ0v) is 10.9. The van der Waals surface area contributed by atoms with Crippen LogP contribution >= 0.6 is 11.6 Å². The smallest absolute Gasteiger partial charge is 0.268 e. The predicted molar refractivity (Wildman–Crippen MR) is 68.7 cm³/mol. The Morgan fingerprint density at radius 2 is 2.33 bits per heavy atom. The highest BCUT2D eigenvalue weighted by atomic mass is 35.5. The van der Waals surface area contributed by atoms with Gasteiger partial charge in [-0.15, -0.1) is 0 Å². The summed E-state index contributed by atoms with van der Waals surface area (Å²) in [6.07, 6.45) is 1.65. The maximum atomic E-state index is 11.9. The van der Waals surface area contributed by atoms with E-state index in [9.17, 15) is 4.79 Å². The molecule has 0 aliphatic carbocycles. The molecule has 1 atom stereocenters. The standard InChI is InChI=1S/C12H13ClN4O/c1-6(2)9-5-14-11(18)8-3-7-4-15-12(13)16-10(7)17(8)9/h3-4,6,9H,5H2,1-2H3,(H,14,18)/t9-/m1/s1. The number of hydrogen-bond donors (Lipinski definition) is 1. The predicted octanol–water partition coefficient (Wildman–Crippen LogP) is 2.03. The van der Waals surface area contributed by atoms with Gasteiger partial charge in [0.05, 0.1) is 6.04 Å². The van der Waals surface area contributed by atoms with Crippen molar-refractivity contribution in [3.8, 4) is 0 Å². The van der Waals surface area contributed by atoms with Crippen LogP contribution in [0.1, 0.15) is 30.4 Å². The molecule has 0 saturated carbocycles. The van der Waals surface area contributed by atoms with Crippen molar-refractivity contribution < 1.29 is 4.79 Å². The SMILES string of the molecule is CC(C)[C@H]1CNC(=O)c2cc3cnc(Cl)nc3n21. The number of nitrogens with zero attached hydrogens (tertiary/aromatic N) is 3. The molecule has 2 aromatic rings. The molecule has 94 valence electrons. The monoisotopic (exact) mass is 264 g/mol. The van der Waals surface area contributed by atoms with Gasteiger partial charge in [0.1, 0.15) is 11.3 Å². The molecule has 0 fully saturated rings. The summed E-state index contributed by atoms with van der Waals surface area (Å²) in [6.45, 7) is 4.87. The highest BCUT2D eigenvalue weighted by Gasteiger charge is 2.29. The van der Waals surface area contributed by atoms with Crippen LogP contribution in [0.3, 0.4) is 0 Å². The summed E-state index contributed by atoms with van der Waals surface area (Å²) in [4.78, 5) is 20.1. The number of nitrogens with one attached hydrogen (secondary N) is 1. The number of amides is 1. The first-order chi connectivity index (χ1) is 8.58. The van der Waals surface area contributed by atoms with E-state index in [1.54, 1.807) is 6.20 Å². The second-order valence-electron chi connectivity index (χ2n) is 4.84. The fraction of sp³-hybridized carbons (Fsp3) is 0.417. The lowest BCUT2D eigenvalue weighted by molar-refractivity contribution is 0.0907. The fourth-order valence-electron chi connectivity index (χ4n) is 2.41. The van der Waals surface area contributed by atoms with Crippen molar-refractivity contribution in [1.29, 1.82) is 0 Å². The third-order valence-corrected chi connectivity index (χ3v) is 3.53. The molecule has 0 bridgehead atoms. The number of hydrogen-bond acceptors (Lipinski definition) is 3. The summed E-state index contributed by atoms with van der Waals surface area (Å²) in [5.74, 6) is 0.328. The second kappa shape index (κ2) is 3.95. The minimum atomic E-state index is -0.0685. The fourth-order valence-corrected chi connectivity index (χ4v) is 2.54. The van der Waals surface area contributed by atoms with Crippen molar-refractivity contribution in [2.75, 3.05) is 6.54 Å². The van der Waals surface area contributed by atoms with E-state index in [2.05, 4.69) is 29.1 Å². The van der Waals surface area contributed by atoms with Crippen LogP contribution in [0.25, 0.3) is 11.0 Å². The maximum Gasteiger partial charge on any atom is 0.268 e. The molecule has 1 aliphatic heterocycles. The molecule has 6 heteroatoms. The molecule has 3 rings (SSSR count). The van der Waals surface area contributed by atoms with Gasteiger partial charge in [0.2, 0.25) is 5.28 Å². The van der Waals surface area contributed by atoms with E-state index in [0.717, 1.165) is 11.0 Å². The number of carbonyl (C=O) groups is 1. The largest absolute Gasteiger partial charge is 0.349 e. The zero-order valence-electron chi connectivity index (χ0n) is 10.1. The molecule has 1 aliphatic rings. The third-order valence-electron chi connectivity index (χ3n) is 3.35. The first-order valence-corrected chi connectivity index (χ1v) is 6.27. The molecule has 2 aromatic heterocycles. The Hall–Kier alpha value is -1.62. The molecule has 18 heavy (non-hydrogen) atoms. The Labute approximate surface area is 109 Å². The maximum absolute atomic E-state index is 11.9. The number of aromatic nitrogens is 3. The lowest BCUT2D eigenvalue weighted by Crippen LogP contribution is -2.40. The van der Waals surface area contributed by atoms with Crippen molar-refractivity contribution in [1.82, 2.24) is 19.9 Å². The van der Waals surface area contributed by atoms with Gasteiger partial charge in [0.25, 0.3) is 5.91 Å². The lowest BCUT2D eigenvalue weighted by atomic mass is 10.0. The average molecular weight is 265 g/mol. The summed E-state index contributed by atoms with van der Waals surface area (Å²) in [7, 11) is 0. The van der Waals surface area contributed by atoms with E-state index < -0.39 is 0 Å². The number of fused-ring (bicyclic) bond motifs is 3. The molecule has 0 radical (unpaired) electrons. The highest BCUT2D eigenvalue weighted by Crippen LogP contribution is 2.29. The van der Waals surface area contributed by atoms with Gasteiger partial charge in [-0.3, -0.25) is 4.79 Å². The summed E-state index contributed by atoms with van der Waals surface area (Å²) < 4.78 is 1.98. The van der Waals surface area contributed by atoms with Gasteiger partial charge in [-0.05, 0) is 23.6 Å². The Morgan fingerprint density at radius 1 is 1.56 bits per heavy atom. The van der Waals surface area contributed by atoms with Crippen molar-refractivity contribution >= 4 is 28.5 Å². The van der Waals surface area contributed by atoms with Crippen LogP contribution in [0.2, 0.25) is 5.28 Å². The molecule has 1 amide bonds. The van der Waals surface area contributed by atoms with Crippen LogP contribution in [0, 0.1) is 5.92 Å². The summed E-state index contributed by atoms with van der Waals surface area (Å²) >= 11 is 5.85. The topological polar surface area (TPSA) is 59.8 Å². The highest BCUT2D eigenvalue weighted by molar-refractivity contribution is 6.28. The quantitative estimate of drug-likeness (QED) is 0.802. The molecule has 0 unspecified atom stereocenters. The van der Waals surface area contributed by atoms with Crippen LogP contribution in [-0.2, 0) is 0 Å². The van der Waals surface area contributed by atoms with Crippen LogP contribution in [-0.4, -0.2) is 27.0 Å². The van der Waals surface area contributed by atoms with Crippen molar-refractivity contribution in [3.05, 3.63) is 23.2 Å². The van der Waals surface area contributed by atoms with Gasteiger partial charge in [0.15, 0.2) is 0 Å². The van der Waals surface area contributed by atoms with Gasteiger partial charge in [0, 0.05) is 18.1 Å². The second-order valence-corrected chi connectivity index (χ2v) is 5.18. The average Bonchev–Trinajstić information content (AvgIpc) is 2.69. The third kappa shape index (κ3) is 1.58. The van der Waals surface area contributed by atoms with Crippen molar-refractivity contribution in [2.45, 2.75) is 19.9 Å². The number of carbonyl (C=O) groups excluding carboxylic acids is 1. The summed E-state index contributed by atoms with van der Waals surface area (Å²) in [5, 5.41) is 3.95. The number of halogens is 1. The molecule has 1 N–H and O–H groups in total. The molecular formula is C12H13ClN4O. The normalized spacial score (nSPS) is 19.1. The van der Waals surface area contributed by atoms with Crippen molar-refractivity contribution in [2.24, 2.45) is 5.92 Å². The molecule has 3 heterocycles.